The molecule has 4 rings (SSSR count). The Morgan fingerprint density at radius 3 is 2.32 bits per heavy atom. The van der Waals surface area contributed by atoms with E-state index in [-0.39, 0.29) is 34.7 Å². The third-order valence-corrected chi connectivity index (χ3v) is 8.96. The first-order chi connectivity index (χ1) is 19.3. The molecular formula is C29H33F2N3O5S2. The van der Waals surface area contributed by atoms with Gasteiger partial charge < -0.3 is 4.57 Å². The fraction of sp³-hybridized carbons (Fsp3) is 0.379. The summed E-state index contributed by atoms with van der Waals surface area (Å²) >= 11 is -2.13. The van der Waals surface area contributed by atoms with Crippen LogP contribution in [0.25, 0.3) is 11.1 Å². The molecule has 2 unspecified atom stereocenters. The summed E-state index contributed by atoms with van der Waals surface area (Å²) in [6.45, 7) is 5.71. The van der Waals surface area contributed by atoms with E-state index < -0.39 is 50.5 Å². The van der Waals surface area contributed by atoms with Gasteiger partial charge in [-0.05, 0) is 63.1 Å². The lowest BCUT2D eigenvalue weighted by atomic mass is 9.91. The molecule has 41 heavy (non-hydrogen) atoms. The summed E-state index contributed by atoms with van der Waals surface area (Å²) in [5.41, 5.74) is 1.01. The Labute approximate surface area is 242 Å². The number of benzene rings is 2. The summed E-state index contributed by atoms with van der Waals surface area (Å²) in [7, 11) is 0.0434. The Hall–Kier alpha value is -2.90. The number of halogens is 2. The molecule has 0 aliphatic heterocycles. The van der Waals surface area contributed by atoms with E-state index in [9.17, 15) is 18.0 Å². The molecule has 0 saturated heterocycles. The number of hydrogen-bond acceptors (Lipinski definition) is 4. The van der Waals surface area contributed by atoms with Crippen LogP contribution in [0, 0.1) is 17.6 Å². The van der Waals surface area contributed by atoms with Crippen LogP contribution in [0.5, 0.6) is 0 Å². The molecule has 0 bridgehead atoms. The van der Waals surface area contributed by atoms with Gasteiger partial charge in [0.2, 0.25) is 11.3 Å². The standard InChI is InChI=1S/C29H33F2N3O5S2/c1-29(2,3)40(37)33-27(18-9-10-18)21-14-26(35)34(4)16-23(21)20-13-22(25(31)15-24(20)30)28(36)19-7-5-17(6-8-19)11-12-32-41(38)39/h5-8,13-16,18,27,32-33H,9-12H2,1-4H3,(H,38,39)/t27-,40?/m0/s1. The fourth-order valence-corrected chi connectivity index (χ4v) is 5.63. The van der Waals surface area contributed by atoms with Crippen LogP contribution in [-0.4, -0.2) is 34.6 Å². The minimum absolute atomic E-state index is 0.0472. The Morgan fingerprint density at radius 2 is 1.73 bits per heavy atom. The summed E-state index contributed by atoms with van der Waals surface area (Å²) in [5, 5.41) is 0. The van der Waals surface area contributed by atoms with Crippen molar-refractivity contribution in [3.05, 3.63) is 92.9 Å². The van der Waals surface area contributed by atoms with E-state index >= 15 is 8.78 Å². The van der Waals surface area contributed by atoms with Crippen molar-refractivity contribution in [3.63, 3.8) is 0 Å². The van der Waals surface area contributed by atoms with Crippen LogP contribution in [-0.2, 0) is 35.7 Å². The number of rotatable bonds is 11. The van der Waals surface area contributed by atoms with Gasteiger partial charge in [0.15, 0.2) is 5.78 Å². The topological polar surface area (TPSA) is 118 Å². The summed E-state index contributed by atoms with van der Waals surface area (Å²) in [5.74, 6) is -2.48. The molecule has 220 valence electrons. The van der Waals surface area contributed by atoms with Crippen LogP contribution in [0.1, 0.15) is 66.7 Å². The second-order valence-electron chi connectivity index (χ2n) is 11.1. The number of hydrogen-bond donors (Lipinski definition) is 3. The quantitative estimate of drug-likeness (QED) is 0.222. The number of ketones is 1. The number of carbonyl (C=O) groups excluding carboxylic acids is 1. The predicted octanol–water partition coefficient (Wildman–Crippen LogP) is 4.33. The molecule has 3 atom stereocenters. The third kappa shape index (κ3) is 7.49. The van der Waals surface area contributed by atoms with Gasteiger partial charge in [-0.2, -0.15) is 0 Å². The molecule has 3 N–H and O–H groups in total. The minimum Gasteiger partial charge on any atom is -0.318 e. The lowest BCUT2D eigenvalue weighted by Crippen LogP contribution is -2.37. The van der Waals surface area contributed by atoms with Gasteiger partial charge in [0.1, 0.15) is 11.6 Å². The lowest BCUT2D eigenvalue weighted by molar-refractivity contribution is 0.103. The van der Waals surface area contributed by atoms with Gasteiger partial charge in [-0.1, -0.05) is 24.3 Å². The number of aromatic nitrogens is 1. The highest BCUT2D eigenvalue weighted by molar-refractivity contribution is 7.84. The van der Waals surface area contributed by atoms with Gasteiger partial charge in [-0.15, -0.1) is 0 Å². The Morgan fingerprint density at radius 1 is 1.07 bits per heavy atom. The maximum Gasteiger partial charge on any atom is 0.250 e. The molecule has 12 heteroatoms. The molecule has 1 saturated carbocycles. The minimum atomic E-state index is -2.13. The van der Waals surface area contributed by atoms with Crippen LogP contribution in [0.3, 0.4) is 0 Å². The fourth-order valence-electron chi connectivity index (χ4n) is 4.45. The van der Waals surface area contributed by atoms with E-state index in [0.29, 0.717) is 23.6 Å². The zero-order valence-corrected chi connectivity index (χ0v) is 24.8. The average Bonchev–Trinajstić information content (AvgIpc) is 3.73. The molecule has 1 fully saturated rings. The average molecular weight is 606 g/mol. The van der Waals surface area contributed by atoms with Gasteiger partial charge in [-0.3, -0.25) is 14.1 Å². The van der Waals surface area contributed by atoms with Crippen LogP contribution in [0.15, 0.2) is 53.5 Å². The van der Waals surface area contributed by atoms with Crippen LogP contribution < -0.4 is 15.0 Å². The molecular weight excluding hydrogens is 572 g/mol. The van der Waals surface area contributed by atoms with Crippen molar-refractivity contribution in [2.45, 2.75) is 50.8 Å². The van der Waals surface area contributed by atoms with E-state index in [1.807, 2.05) is 20.8 Å². The van der Waals surface area contributed by atoms with Crippen molar-refractivity contribution in [2.24, 2.45) is 13.0 Å². The van der Waals surface area contributed by atoms with Crippen molar-refractivity contribution < 1.29 is 26.5 Å². The lowest BCUT2D eigenvalue weighted by Gasteiger charge is -2.26. The number of pyridine rings is 1. The highest BCUT2D eigenvalue weighted by Gasteiger charge is 2.37. The molecule has 0 radical (unpaired) electrons. The van der Waals surface area contributed by atoms with E-state index in [2.05, 4.69) is 9.44 Å². The highest BCUT2D eigenvalue weighted by atomic mass is 32.2. The first-order valence-electron chi connectivity index (χ1n) is 13.1. The van der Waals surface area contributed by atoms with E-state index in [4.69, 9.17) is 4.55 Å². The van der Waals surface area contributed by atoms with Gasteiger partial charge >= 0.3 is 0 Å². The predicted molar refractivity (Wildman–Crippen MR) is 156 cm³/mol. The zero-order chi connectivity index (χ0) is 30.1. The van der Waals surface area contributed by atoms with Crippen molar-refractivity contribution in [1.82, 2.24) is 14.0 Å². The number of nitrogens with one attached hydrogen (secondary N) is 2. The first-order valence-corrected chi connectivity index (χ1v) is 15.4. The summed E-state index contributed by atoms with van der Waals surface area (Å²) in [4.78, 5) is 26.0. The number of carbonyl (C=O) groups is 1. The molecule has 1 aromatic heterocycles. The Bertz CT molecular complexity index is 1560. The molecule has 1 aliphatic rings. The zero-order valence-electron chi connectivity index (χ0n) is 23.2. The second-order valence-corrected chi connectivity index (χ2v) is 13.9. The largest absolute Gasteiger partial charge is 0.318 e. The Kier molecular flexibility index (Phi) is 9.49. The normalized spacial score (nSPS) is 15.9. The van der Waals surface area contributed by atoms with Gasteiger partial charge in [0.25, 0.3) is 5.56 Å². The molecule has 1 heterocycles. The summed E-state index contributed by atoms with van der Waals surface area (Å²) in [6.07, 6.45) is 3.57. The van der Waals surface area contributed by atoms with Crippen LogP contribution in [0.4, 0.5) is 8.78 Å². The maximum absolute atomic E-state index is 15.4. The second kappa shape index (κ2) is 12.5. The molecule has 0 amide bonds. The molecule has 2 aromatic carbocycles. The van der Waals surface area contributed by atoms with E-state index in [1.54, 1.807) is 12.1 Å². The van der Waals surface area contributed by atoms with Crippen molar-refractivity contribution >= 4 is 28.0 Å². The molecule has 8 nitrogen and oxygen atoms in total. The molecule has 3 aromatic rings. The maximum atomic E-state index is 15.4. The van der Waals surface area contributed by atoms with Gasteiger partial charge in [0, 0.05) is 54.7 Å². The number of nitrogens with zero attached hydrogens (tertiary/aromatic N) is 1. The summed E-state index contributed by atoms with van der Waals surface area (Å²) in [6, 6.07) is 9.05. The van der Waals surface area contributed by atoms with Crippen molar-refractivity contribution in [1.29, 1.82) is 0 Å². The van der Waals surface area contributed by atoms with Crippen LogP contribution in [0.2, 0.25) is 0 Å². The monoisotopic (exact) mass is 605 g/mol. The van der Waals surface area contributed by atoms with Crippen LogP contribution >= 0.6 is 0 Å². The van der Waals surface area contributed by atoms with Gasteiger partial charge in [-0.25, -0.2) is 26.6 Å². The van der Waals surface area contributed by atoms with Crippen molar-refractivity contribution in [3.8, 4) is 11.1 Å². The van der Waals surface area contributed by atoms with E-state index in [0.717, 1.165) is 24.5 Å². The SMILES string of the molecule is Cn1cc(-c2cc(C(=O)c3ccc(CCNS(=O)O)cc3)c(F)cc2F)c([C@@H](NS(=O)C(C)(C)C)C2CC2)cc1=O. The third-order valence-electron chi connectivity index (χ3n) is 6.93. The number of aryl methyl sites for hydroxylation is 1. The first kappa shape index (κ1) is 31.0. The smallest absolute Gasteiger partial charge is 0.250 e. The molecule has 1 aliphatic carbocycles. The summed E-state index contributed by atoms with van der Waals surface area (Å²) < 4.78 is 69.2. The molecule has 0 spiro atoms. The van der Waals surface area contributed by atoms with Crippen molar-refractivity contribution in [2.75, 3.05) is 6.54 Å². The highest BCUT2D eigenvalue weighted by Crippen LogP contribution is 2.44. The Balaban J connectivity index is 1.74. The van der Waals surface area contributed by atoms with Gasteiger partial charge in [0.05, 0.1) is 21.3 Å². The van der Waals surface area contributed by atoms with E-state index in [1.165, 1.54) is 36.0 Å².